The van der Waals surface area contributed by atoms with E-state index in [0.29, 0.717) is 19.6 Å². The van der Waals surface area contributed by atoms with Crippen LogP contribution in [0.2, 0.25) is 0 Å². The van der Waals surface area contributed by atoms with E-state index in [1.807, 2.05) is 32.0 Å². The number of benzene rings is 1. The van der Waals surface area contributed by atoms with Gasteiger partial charge in [-0.1, -0.05) is 18.2 Å². The first-order chi connectivity index (χ1) is 10.0. The van der Waals surface area contributed by atoms with Gasteiger partial charge in [-0.25, -0.2) is 4.79 Å². The highest BCUT2D eigenvalue weighted by atomic mass is 16.5. The van der Waals surface area contributed by atoms with Crippen LogP contribution in [0, 0.1) is 13.8 Å². The molecule has 0 saturated carbocycles. The molecule has 0 bridgehead atoms. The Bertz CT molecular complexity index is 468. The summed E-state index contributed by atoms with van der Waals surface area (Å²) in [5.74, 6) is -0.0410. The number of hydrogen-bond acceptors (Lipinski definition) is 3. The summed E-state index contributed by atoms with van der Waals surface area (Å²) in [6.07, 6.45) is 0.600. The molecule has 0 aliphatic heterocycles. The van der Waals surface area contributed by atoms with Crippen molar-refractivity contribution in [2.24, 2.45) is 0 Å². The molecule has 0 unspecified atom stereocenters. The number of carboxylic acids is 1. The quantitative estimate of drug-likeness (QED) is 0.638. The second kappa shape index (κ2) is 8.84. The number of hydrogen-bond donors (Lipinski definition) is 3. The van der Waals surface area contributed by atoms with Gasteiger partial charge in [0.15, 0.2) is 0 Å². The number of aryl methyl sites for hydroxylation is 2. The lowest BCUT2D eigenvalue weighted by atomic mass is 10.1. The molecule has 0 heterocycles. The number of carbonyl (C=O) groups excluding carboxylic acids is 1. The zero-order chi connectivity index (χ0) is 15.7. The van der Waals surface area contributed by atoms with Gasteiger partial charge in [-0.05, 0) is 31.4 Å². The molecule has 0 fully saturated rings. The Hall–Kier alpha value is -2.24. The minimum absolute atomic E-state index is 0.0803. The molecule has 0 aliphatic rings. The van der Waals surface area contributed by atoms with Crippen molar-refractivity contribution in [1.29, 1.82) is 0 Å². The SMILES string of the molecule is Cc1cccc(C)c1OCCCNC(=O)NCCC(=O)O. The lowest BCUT2D eigenvalue weighted by Gasteiger charge is -2.12. The minimum atomic E-state index is -0.933. The summed E-state index contributed by atoms with van der Waals surface area (Å²) >= 11 is 0. The normalized spacial score (nSPS) is 10.0. The van der Waals surface area contributed by atoms with Crippen LogP contribution in [0.3, 0.4) is 0 Å². The third-order valence-corrected chi connectivity index (χ3v) is 2.89. The molecule has 3 N–H and O–H groups in total. The van der Waals surface area contributed by atoms with Crippen LogP contribution >= 0.6 is 0 Å². The maximum absolute atomic E-state index is 11.3. The fourth-order valence-corrected chi connectivity index (χ4v) is 1.82. The van der Waals surface area contributed by atoms with Gasteiger partial charge in [0.2, 0.25) is 0 Å². The molecule has 21 heavy (non-hydrogen) atoms. The Morgan fingerprint density at radius 2 is 1.76 bits per heavy atom. The highest BCUT2D eigenvalue weighted by molar-refractivity contribution is 5.74. The number of aliphatic carboxylic acids is 1. The van der Waals surface area contributed by atoms with Gasteiger partial charge in [0.1, 0.15) is 5.75 Å². The molecule has 1 aromatic carbocycles. The number of urea groups is 1. The number of para-hydroxylation sites is 1. The molecule has 0 saturated heterocycles. The zero-order valence-corrected chi connectivity index (χ0v) is 12.4. The van der Waals surface area contributed by atoms with E-state index in [4.69, 9.17) is 9.84 Å². The minimum Gasteiger partial charge on any atom is -0.493 e. The third kappa shape index (κ3) is 6.65. The van der Waals surface area contributed by atoms with Gasteiger partial charge in [0.05, 0.1) is 13.0 Å². The summed E-state index contributed by atoms with van der Waals surface area (Å²) in [5.41, 5.74) is 2.18. The predicted molar refractivity (Wildman–Crippen MR) is 79.7 cm³/mol. The Morgan fingerprint density at radius 1 is 1.14 bits per heavy atom. The van der Waals surface area contributed by atoms with Gasteiger partial charge in [-0.2, -0.15) is 0 Å². The van der Waals surface area contributed by atoms with Gasteiger partial charge in [0, 0.05) is 13.1 Å². The molecule has 0 aliphatic carbocycles. The number of carboxylic acid groups (broad SMARTS) is 1. The maximum Gasteiger partial charge on any atom is 0.314 e. The first kappa shape index (κ1) is 16.8. The third-order valence-electron chi connectivity index (χ3n) is 2.89. The lowest BCUT2D eigenvalue weighted by molar-refractivity contribution is -0.136. The molecule has 6 heteroatoms. The molecule has 1 rings (SSSR count). The fraction of sp³-hybridized carbons (Fsp3) is 0.467. The van der Waals surface area contributed by atoms with Crippen LogP contribution in [0.15, 0.2) is 18.2 Å². The maximum atomic E-state index is 11.3. The van der Waals surface area contributed by atoms with Gasteiger partial charge < -0.3 is 20.5 Å². The summed E-state index contributed by atoms with van der Waals surface area (Å²) in [6, 6.07) is 5.62. The van der Waals surface area contributed by atoms with Crippen LogP contribution < -0.4 is 15.4 Å². The smallest absolute Gasteiger partial charge is 0.314 e. The first-order valence-electron chi connectivity index (χ1n) is 6.93. The molecule has 0 aromatic heterocycles. The summed E-state index contributed by atoms with van der Waals surface area (Å²) in [7, 11) is 0. The number of nitrogens with one attached hydrogen (secondary N) is 2. The van der Waals surface area contributed by atoms with Crippen molar-refractivity contribution >= 4 is 12.0 Å². The Balaban J connectivity index is 2.14. The largest absolute Gasteiger partial charge is 0.493 e. The van der Waals surface area contributed by atoms with Crippen molar-refractivity contribution in [3.8, 4) is 5.75 Å². The monoisotopic (exact) mass is 294 g/mol. The van der Waals surface area contributed by atoms with E-state index in [-0.39, 0.29) is 19.0 Å². The van der Waals surface area contributed by atoms with Gasteiger partial charge in [0.25, 0.3) is 0 Å². The lowest BCUT2D eigenvalue weighted by Crippen LogP contribution is -2.37. The van der Waals surface area contributed by atoms with E-state index in [2.05, 4.69) is 10.6 Å². The van der Waals surface area contributed by atoms with Crippen LogP contribution in [0.25, 0.3) is 0 Å². The first-order valence-corrected chi connectivity index (χ1v) is 6.93. The van der Waals surface area contributed by atoms with Crippen molar-refractivity contribution in [1.82, 2.24) is 10.6 Å². The van der Waals surface area contributed by atoms with E-state index >= 15 is 0 Å². The van der Waals surface area contributed by atoms with E-state index in [9.17, 15) is 9.59 Å². The highest BCUT2D eigenvalue weighted by Gasteiger charge is 2.04. The van der Waals surface area contributed by atoms with Crippen LogP contribution in [0.4, 0.5) is 4.79 Å². The summed E-state index contributed by atoms with van der Waals surface area (Å²) in [6.45, 7) is 5.11. The average molecular weight is 294 g/mol. The van der Waals surface area contributed by atoms with E-state index in [1.54, 1.807) is 0 Å². The topological polar surface area (TPSA) is 87.7 Å². The van der Waals surface area contributed by atoms with Gasteiger partial charge in [-0.3, -0.25) is 4.79 Å². The Morgan fingerprint density at radius 3 is 2.38 bits per heavy atom. The number of rotatable bonds is 8. The molecular weight excluding hydrogens is 272 g/mol. The van der Waals surface area contributed by atoms with Gasteiger partial charge >= 0.3 is 12.0 Å². The van der Waals surface area contributed by atoms with Crippen molar-refractivity contribution < 1.29 is 19.4 Å². The molecule has 116 valence electrons. The molecule has 1 aromatic rings. The zero-order valence-electron chi connectivity index (χ0n) is 12.4. The number of amides is 2. The molecule has 6 nitrogen and oxygen atoms in total. The van der Waals surface area contributed by atoms with E-state index in [1.165, 1.54) is 0 Å². The summed E-state index contributed by atoms with van der Waals surface area (Å²) in [5, 5.41) is 13.6. The van der Waals surface area contributed by atoms with E-state index < -0.39 is 5.97 Å². The van der Waals surface area contributed by atoms with Crippen LogP contribution in [0.1, 0.15) is 24.0 Å². The molecular formula is C15H22N2O4. The van der Waals surface area contributed by atoms with Crippen molar-refractivity contribution in [2.75, 3.05) is 19.7 Å². The molecule has 0 atom stereocenters. The standard InChI is InChI=1S/C15H22N2O4/c1-11-5-3-6-12(2)14(11)21-10-4-8-16-15(20)17-9-7-13(18)19/h3,5-6H,4,7-10H2,1-2H3,(H,18,19)(H2,16,17,20). The van der Waals surface area contributed by atoms with Gasteiger partial charge in [-0.15, -0.1) is 0 Å². The Labute approximate surface area is 124 Å². The number of carbonyl (C=O) groups is 2. The second-order valence-electron chi connectivity index (χ2n) is 4.75. The van der Waals surface area contributed by atoms with Crippen LogP contribution in [-0.4, -0.2) is 36.8 Å². The molecule has 0 spiro atoms. The van der Waals surface area contributed by atoms with Crippen molar-refractivity contribution in [3.05, 3.63) is 29.3 Å². The molecule has 0 radical (unpaired) electrons. The predicted octanol–water partition coefficient (Wildman–Crippen LogP) is 1.85. The Kier molecular flexibility index (Phi) is 7.08. The highest BCUT2D eigenvalue weighted by Crippen LogP contribution is 2.22. The summed E-state index contributed by atoms with van der Waals surface area (Å²) < 4.78 is 5.71. The number of ether oxygens (including phenoxy) is 1. The summed E-state index contributed by atoms with van der Waals surface area (Å²) in [4.78, 5) is 21.6. The fourth-order valence-electron chi connectivity index (χ4n) is 1.82. The van der Waals surface area contributed by atoms with Crippen LogP contribution in [-0.2, 0) is 4.79 Å². The van der Waals surface area contributed by atoms with Crippen molar-refractivity contribution in [2.45, 2.75) is 26.7 Å². The average Bonchev–Trinajstić information content (AvgIpc) is 2.41. The van der Waals surface area contributed by atoms with Crippen molar-refractivity contribution in [3.63, 3.8) is 0 Å². The second-order valence-corrected chi connectivity index (χ2v) is 4.75. The molecule has 2 amide bonds. The van der Waals surface area contributed by atoms with E-state index in [0.717, 1.165) is 16.9 Å². The van der Waals surface area contributed by atoms with Crippen LogP contribution in [0.5, 0.6) is 5.75 Å².